The molecule has 6 heteroatoms. The quantitative estimate of drug-likeness (QED) is 0.900. The van der Waals surface area contributed by atoms with E-state index >= 15 is 0 Å². The number of nitrogens with one attached hydrogen (secondary N) is 1. The minimum Gasteiger partial charge on any atom is -0.465 e. The largest absolute Gasteiger partial charge is 0.465 e. The van der Waals surface area contributed by atoms with Crippen LogP contribution in [-0.4, -0.2) is 45.0 Å². The highest BCUT2D eigenvalue weighted by atomic mass is 16.6. The highest BCUT2D eigenvalue weighted by Gasteiger charge is 2.34. The summed E-state index contributed by atoms with van der Waals surface area (Å²) in [6.07, 6.45) is 2.91. The predicted octanol–water partition coefficient (Wildman–Crippen LogP) is 2.24. The highest BCUT2D eigenvalue weighted by Crippen LogP contribution is 2.30. The van der Waals surface area contributed by atoms with Crippen molar-refractivity contribution in [2.24, 2.45) is 11.8 Å². The zero-order valence-electron chi connectivity index (χ0n) is 13.6. The molecule has 0 aliphatic carbocycles. The first-order chi connectivity index (χ1) is 11.3. The molecule has 23 heavy (non-hydrogen) atoms. The summed E-state index contributed by atoms with van der Waals surface area (Å²) in [6.45, 7) is 5.39. The molecule has 1 aromatic rings. The summed E-state index contributed by atoms with van der Waals surface area (Å²) in [7, 11) is 0. The lowest BCUT2D eigenvalue weighted by Gasteiger charge is -2.38. The van der Waals surface area contributed by atoms with Gasteiger partial charge in [-0.1, -0.05) is 0 Å². The molecule has 0 spiro atoms. The van der Waals surface area contributed by atoms with Crippen molar-refractivity contribution in [1.29, 1.82) is 0 Å². The smallest absolute Gasteiger partial charge is 0.287 e. The second kappa shape index (κ2) is 7.84. The number of carbonyl (C=O) groups is 1. The molecule has 6 nitrogen and oxygen atoms in total. The molecule has 3 rings (SSSR count). The number of furan rings is 1. The summed E-state index contributed by atoms with van der Waals surface area (Å²) in [5, 5.41) is 3.13. The minimum absolute atomic E-state index is 0.125. The van der Waals surface area contributed by atoms with Crippen molar-refractivity contribution in [3.63, 3.8) is 0 Å². The van der Waals surface area contributed by atoms with Gasteiger partial charge in [-0.3, -0.25) is 4.79 Å². The third kappa shape index (κ3) is 4.06. The molecule has 2 atom stereocenters. The molecule has 0 aromatic carbocycles. The molecule has 0 radical (unpaired) electrons. The van der Waals surface area contributed by atoms with Gasteiger partial charge in [-0.15, -0.1) is 0 Å². The molecular weight excluding hydrogens is 298 g/mol. The number of amides is 1. The lowest BCUT2D eigenvalue weighted by Crippen LogP contribution is -2.49. The van der Waals surface area contributed by atoms with Crippen molar-refractivity contribution in [3.05, 3.63) is 17.9 Å². The molecule has 0 saturated carbocycles. The molecule has 2 fully saturated rings. The van der Waals surface area contributed by atoms with Gasteiger partial charge in [-0.25, -0.2) is 0 Å². The first-order valence-corrected chi connectivity index (χ1v) is 8.47. The van der Waals surface area contributed by atoms with Crippen molar-refractivity contribution in [2.75, 3.05) is 33.0 Å². The molecule has 3 heterocycles. The summed E-state index contributed by atoms with van der Waals surface area (Å²) in [5.74, 6) is 1.39. The van der Waals surface area contributed by atoms with E-state index in [0.29, 0.717) is 43.4 Å². The average Bonchev–Trinajstić information content (AvgIpc) is 3.05. The van der Waals surface area contributed by atoms with E-state index in [2.05, 4.69) is 5.32 Å². The van der Waals surface area contributed by atoms with Crippen molar-refractivity contribution in [3.8, 4) is 5.95 Å². The van der Waals surface area contributed by atoms with E-state index in [9.17, 15) is 4.79 Å². The van der Waals surface area contributed by atoms with E-state index in [-0.39, 0.29) is 11.9 Å². The van der Waals surface area contributed by atoms with Crippen LogP contribution in [0.1, 0.15) is 36.7 Å². The van der Waals surface area contributed by atoms with Gasteiger partial charge < -0.3 is 23.9 Å². The number of carbonyl (C=O) groups excluding carboxylic acids is 1. The van der Waals surface area contributed by atoms with E-state index in [1.54, 1.807) is 12.1 Å². The van der Waals surface area contributed by atoms with E-state index in [0.717, 1.165) is 32.5 Å². The molecule has 2 aliphatic rings. The topological polar surface area (TPSA) is 69.9 Å². The fourth-order valence-electron chi connectivity index (χ4n) is 3.45. The Morgan fingerprint density at radius 3 is 2.78 bits per heavy atom. The molecule has 128 valence electrons. The van der Waals surface area contributed by atoms with E-state index in [4.69, 9.17) is 18.6 Å². The third-order valence-electron chi connectivity index (χ3n) is 4.68. The van der Waals surface area contributed by atoms with Gasteiger partial charge in [0.1, 0.15) is 0 Å². The lowest BCUT2D eigenvalue weighted by atomic mass is 9.79. The van der Waals surface area contributed by atoms with Gasteiger partial charge in [-0.2, -0.15) is 0 Å². The Morgan fingerprint density at radius 2 is 2.00 bits per heavy atom. The van der Waals surface area contributed by atoms with Crippen molar-refractivity contribution in [1.82, 2.24) is 5.32 Å². The average molecular weight is 323 g/mol. The Morgan fingerprint density at radius 1 is 1.22 bits per heavy atom. The third-order valence-corrected chi connectivity index (χ3v) is 4.68. The number of hydrogen-bond acceptors (Lipinski definition) is 5. The molecule has 0 bridgehead atoms. The van der Waals surface area contributed by atoms with Gasteiger partial charge >= 0.3 is 0 Å². The van der Waals surface area contributed by atoms with Gasteiger partial charge in [0.05, 0.1) is 13.2 Å². The molecule has 0 unspecified atom stereocenters. The summed E-state index contributed by atoms with van der Waals surface area (Å²) in [5.41, 5.74) is 0. The van der Waals surface area contributed by atoms with Crippen molar-refractivity contribution in [2.45, 2.75) is 32.2 Å². The normalized spacial score (nSPS) is 26.0. The summed E-state index contributed by atoms with van der Waals surface area (Å²) in [6, 6.07) is 3.46. The first-order valence-electron chi connectivity index (χ1n) is 8.47. The van der Waals surface area contributed by atoms with E-state index in [1.165, 1.54) is 0 Å². The second-order valence-corrected chi connectivity index (χ2v) is 6.11. The minimum atomic E-state index is -0.181. The number of rotatable bonds is 5. The van der Waals surface area contributed by atoms with Crippen LogP contribution in [0.25, 0.3) is 0 Å². The van der Waals surface area contributed by atoms with Crippen LogP contribution in [0.2, 0.25) is 0 Å². The molecular formula is C17H25NO5. The predicted molar refractivity (Wildman–Crippen MR) is 83.6 cm³/mol. The van der Waals surface area contributed by atoms with E-state index < -0.39 is 0 Å². The molecule has 1 amide bonds. The monoisotopic (exact) mass is 323 g/mol. The Kier molecular flexibility index (Phi) is 5.56. The zero-order chi connectivity index (χ0) is 16.1. The Balaban J connectivity index is 1.62. The SMILES string of the molecule is CCOc1ccc(C(=O)N[C@H]2CCOC[C@H]2C2CCOCC2)o1. The summed E-state index contributed by atoms with van der Waals surface area (Å²) in [4.78, 5) is 12.4. The summed E-state index contributed by atoms with van der Waals surface area (Å²) >= 11 is 0. The van der Waals surface area contributed by atoms with Gasteiger partial charge in [-0.05, 0) is 38.2 Å². The maximum Gasteiger partial charge on any atom is 0.287 e. The summed E-state index contributed by atoms with van der Waals surface area (Å²) < 4.78 is 21.8. The molecule has 1 N–H and O–H groups in total. The van der Waals surface area contributed by atoms with Crippen LogP contribution in [-0.2, 0) is 9.47 Å². The standard InChI is InChI=1S/C17H25NO5/c1-2-22-16-4-3-15(23-16)17(19)18-14-7-10-21-11-13(14)12-5-8-20-9-6-12/h3-4,12-14H,2,5-11H2,1H3,(H,18,19)/t13-,14-/m0/s1. The Labute approximate surface area is 136 Å². The first kappa shape index (κ1) is 16.3. The van der Waals surface area contributed by atoms with Crippen LogP contribution in [0.5, 0.6) is 5.95 Å². The lowest BCUT2D eigenvalue weighted by molar-refractivity contribution is -0.0261. The van der Waals surface area contributed by atoms with E-state index in [1.807, 2.05) is 6.92 Å². The number of hydrogen-bond donors (Lipinski definition) is 1. The van der Waals surface area contributed by atoms with Crippen LogP contribution < -0.4 is 10.1 Å². The van der Waals surface area contributed by atoms with Crippen LogP contribution in [0, 0.1) is 11.8 Å². The second-order valence-electron chi connectivity index (χ2n) is 6.11. The van der Waals surface area contributed by atoms with Gasteiger partial charge in [0.2, 0.25) is 0 Å². The fraction of sp³-hybridized carbons (Fsp3) is 0.706. The van der Waals surface area contributed by atoms with Crippen LogP contribution in [0.15, 0.2) is 16.5 Å². The Bertz CT molecular complexity index is 509. The van der Waals surface area contributed by atoms with Crippen molar-refractivity contribution < 1.29 is 23.4 Å². The molecule has 2 aliphatic heterocycles. The Hall–Kier alpha value is -1.53. The fourth-order valence-corrected chi connectivity index (χ4v) is 3.45. The van der Waals surface area contributed by atoms with Gasteiger partial charge in [0, 0.05) is 37.8 Å². The number of ether oxygens (including phenoxy) is 3. The maximum absolute atomic E-state index is 12.4. The molecule has 2 saturated heterocycles. The van der Waals surface area contributed by atoms with Gasteiger partial charge in [0.25, 0.3) is 11.9 Å². The van der Waals surface area contributed by atoms with Crippen LogP contribution in [0.3, 0.4) is 0 Å². The molecule has 1 aromatic heterocycles. The van der Waals surface area contributed by atoms with Crippen LogP contribution >= 0.6 is 0 Å². The zero-order valence-corrected chi connectivity index (χ0v) is 13.6. The van der Waals surface area contributed by atoms with Crippen molar-refractivity contribution >= 4 is 5.91 Å². The van der Waals surface area contributed by atoms with Gasteiger partial charge in [0.15, 0.2) is 5.76 Å². The highest BCUT2D eigenvalue weighted by molar-refractivity contribution is 5.91. The van der Waals surface area contributed by atoms with Crippen LogP contribution in [0.4, 0.5) is 0 Å². The maximum atomic E-state index is 12.4.